The van der Waals surface area contributed by atoms with E-state index in [-0.39, 0.29) is 10.9 Å². The van der Waals surface area contributed by atoms with Crippen molar-refractivity contribution in [1.82, 2.24) is 15.0 Å². The molecule has 2 N–H and O–H groups in total. The Kier molecular flexibility index (Phi) is 6.64. The van der Waals surface area contributed by atoms with Gasteiger partial charge in [0, 0.05) is 12.1 Å². The van der Waals surface area contributed by atoms with Crippen LogP contribution >= 0.6 is 27.5 Å². The summed E-state index contributed by atoms with van der Waals surface area (Å²) in [7, 11) is 1.53. The van der Waals surface area contributed by atoms with E-state index in [9.17, 15) is 0 Å². The summed E-state index contributed by atoms with van der Waals surface area (Å²) in [6, 6.07) is 14.9. The predicted molar refractivity (Wildman–Crippen MR) is 128 cm³/mol. The van der Waals surface area contributed by atoms with E-state index in [4.69, 9.17) is 31.6 Å². The first-order chi connectivity index (χ1) is 16.0. The molecule has 0 unspecified atom stereocenters. The maximum Gasteiger partial charge on any atom is 0.242 e. The van der Waals surface area contributed by atoms with Crippen LogP contribution in [0.4, 0.5) is 11.5 Å². The monoisotopic (exact) mass is 522 g/mol. The first-order valence-corrected chi connectivity index (χ1v) is 10.9. The predicted octanol–water partition coefficient (Wildman–Crippen LogP) is 6.25. The van der Waals surface area contributed by atoms with Crippen LogP contribution < -0.4 is 14.8 Å². The van der Waals surface area contributed by atoms with E-state index < -0.39 is 0 Å². The van der Waals surface area contributed by atoms with E-state index >= 15 is 0 Å². The van der Waals surface area contributed by atoms with Crippen molar-refractivity contribution in [2.24, 2.45) is 0 Å². The third kappa shape index (κ3) is 4.70. The summed E-state index contributed by atoms with van der Waals surface area (Å²) in [5.74, 6) is 1.45. The SMILES string of the molecule is COc1cc(CCC#N)cc(Br)c1Oc1nc(Nc2ccc(C#N)cc2)c2[nH]cnc2c1Cl. The Hall–Kier alpha value is -3.79. The first-order valence-electron chi connectivity index (χ1n) is 9.75. The summed E-state index contributed by atoms with van der Waals surface area (Å²) in [6.07, 6.45) is 2.50. The zero-order valence-electron chi connectivity index (χ0n) is 17.3. The van der Waals surface area contributed by atoms with Crippen LogP contribution in [0.25, 0.3) is 11.0 Å². The van der Waals surface area contributed by atoms with Gasteiger partial charge in [-0.3, -0.25) is 0 Å². The van der Waals surface area contributed by atoms with Gasteiger partial charge < -0.3 is 19.8 Å². The van der Waals surface area contributed by atoms with E-state index in [0.29, 0.717) is 51.2 Å². The number of nitrogens with zero attached hydrogens (tertiary/aromatic N) is 4. The Morgan fingerprint density at radius 2 is 2.00 bits per heavy atom. The Labute approximate surface area is 202 Å². The molecule has 0 saturated carbocycles. The number of imidazole rings is 1. The third-order valence-corrected chi connectivity index (χ3v) is 5.71. The van der Waals surface area contributed by atoms with Crippen molar-refractivity contribution in [2.75, 3.05) is 12.4 Å². The number of nitriles is 2. The van der Waals surface area contributed by atoms with Crippen LogP contribution in [-0.2, 0) is 6.42 Å². The number of fused-ring (bicyclic) bond motifs is 1. The van der Waals surface area contributed by atoms with Gasteiger partial charge in [-0.15, -0.1) is 0 Å². The van der Waals surface area contributed by atoms with Gasteiger partial charge in [0.05, 0.1) is 35.6 Å². The molecule has 8 nitrogen and oxygen atoms in total. The number of ether oxygens (including phenoxy) is 2. The van der Waals surface area contributed by atoms with Crippen LogP contribution in [0.3, 0.4) is 0 Å². The summed E-state index contributed by atoms with van der Waals surface area (Å²) in [5.41, 5.74) is 3.30. The number of aryl methyl sites for hydroxylation is 1. The molecule has 164 valence electrons. The number of methoxy groups -OCH3 is 1. The number of aromatic amines is 1. The molecule has 33 heavy (non-hydrogen) atoms. The quantitative estimate of drug-likeness (QED) is 0.294. The van der Waals surface area contributed by atoms with Gasteiger partial charge in [0.2, 0.25) is 5.88 Å². The van der Waals surface area contributed by atoms with Gasteiger partial charge in [0.15, 0.2) is 17.3 Å². The number of nitrogens with one attached hydrogen (secondary N) is 2. The minimum absolute atomic E-state index is 0.135. The van der Waals surface area contributed by atoms with Crippen molar-refractivity contribution in [1.29, 1.82) is 10.5 Å². The molecule has 0 spiro atoms. The number of benzene rings is 2. The molecule has 10 heteroatoms. The third-order valence-electron chi connectivity index (χ3n) is 4.78. The lowest BCUT2D eigenvalue weighted by atomic mass is 10.1. The van der Waals surface area contributed by atoms with Crippen LogP contribution in [0.1, 0.15) is 17.5 Å². The highest BCUT2D eigenvalue weighted by Crippen LogP contribution is 2.43. The fraction of sp³-hybridized carbons (Fsp3) is 0.130. The average Bonchev–Trinajstić information content (AvgIpc) is 3.33. The van der Waals surface area contributed by atoms with Crippen molar-refractivity contribution >= 4 is 50.1 Å². The largest absolute Gasteiger partial charge is 0.493 e. The lowest BCUT2D eigenvalue weighted by molar-refractivity contribution is 0.372. The fourth-order valence-electron chi connectivity index (χ4n) is 3.19. The molecule has 0 bridgehead atoms. The molecule has 0 atom stereocenters. The molecule has 2 aromatic heterocycles. The summed E-state index contributed by atoms with van der Waals surface area (Å²) < 4.78 is 12.2. The van der Waals surface area contributed by atoms with Crippen LogP contribution in [0.2, 0.25) is 5.02 Å². The van der Waals surface area contributed by atoms with Gasteiger partial charge in [-0.05, 0) is 64.3 Å². The highest BCUT2D eigenvalue weighted by Gasteiger charge is 2.20. The van der Waals surface area contributed by atoms with Crippen molar-refractivity contribution in [3.8, 4) is 29.5 Å². The Morgan fingerprint density at radius 3 is 2.70 bits per heavy atom. The standard InChI is InChI=1S/C23H16BrClN6O2/c1-32-17-10-14(3-2-8-26)9-16(24)21(17)33-23-18(25)19-20(29-12-28-19)22(31-23)30-15-6-4-13(11-27)5-7-15/h4-7,9-10,12H,2-3H2,1H3,(H,28,29)(H,30,31). The molecule has 4 rings (SSSR count). The van der Waals surface area contributed by atoms with Crippen molar-refractivity contribution in [3.05, 3.63) is 63.3 Å². The second kappa shape index (κ2) is 9.78. The molecule has 0 aliphatic heterocycles. The van der Waals surface area contributed by atoms with Gasteiger partial charge in [-0.1, -0.05) is 11.6 Å². The molecule has 2 heterocycles. The number of H-pyrrole nitrogens is 1. The minimum atomic E-state index is 0.135. The summed E-state index contributed by atoms with van der Waals surface area (Å²) in [5, 5.41) is 21.3. The zero-order chi connectivity index (χ0) is 23.4. The number of hydrogen-bond donors (Lipinski definition) is 2. The molecule has 0 aliphatic carbocycles. The van der Waals surface area contributed by atoms with E-state index in [1.807, 2.05) is 12.1 Å². The van der Waals surface area contributed by atoms with Crippen LogP contribution in [-0.4, -0.2) is 22.1 Å². The first kappa shape index (κ1) is 22.4. The number of halogens is 2. The van der Waals surface area contributed by atoms with Crippen molar-refractivity contribution in [2.45, 2.75) is 12.8 Å². The van der Waals surface area contributed by atoms with Crippen LogP contribution in [0, 0.1) is 22.7 Å². The van der Waals surface area contributed by atoms with Crippen molar-refractivity contribution < 1.29 is 9.47 Å². The van der Waals surface area contributed by atoms with E-state index in [1.165, 1.54) is 13.4 Å². The Balaban J connectivity index is 1.73. The second-order valence-electron chi connectivity index (χ2n) is 6.89. The maximum absolute atomic E-state index is 9.01. The topological polar surface area (TPSA) is 120 Å². The number of hydrogen-bond acceptors (Lipinski definition) is 7. The minimum Gasteiger partial charge on any atom is -0.493 e. The van der Waals surface area contributed by atoms with Gasteiger partial charge >= 0.3 is 0 Å². The van der Waals surface area contributed by atoms with Gasteiger partial charge in [-0.25, -0.2) is 4.98 Å². The number of pyridine rings is 1. The summed E-state index contributed by atoms with van der Waals surface area (Å²) in [6.45, 7) is 0. The normalized spacial score (nSPS) is 10.5. The lowest BCUT2D eigenvalue weighted by Gasteiger charge is -2.15. The number of aromatic nitrogens is 3. The Morgan fingerprint density at radius 1 is 1.21 bits per heavy atom. The Bertz CT molecular complexity index is 1410. The highest BCUT2D eigenvalue weighted by molar-refractivity contribution is 9.10. The van der Waals surface area contributed by atoms with Gasteiger partial charge in [0.25, 0.3) is 0 Å². The average molecular weight is 524 g/mol. The molecule has 4 aromatic rings. The van der Waals surface area contributed by atoms with Gasteiger partial charge in [0.1, 0.15) is 16.1 Å². The highest BCUT2D eigenvalue weighted by atomic mass is 79.9. The molecule has 0 fully saturated rings. The van der Waals surface area contributed by atoms with Crippen LogP contribution in [0.15, 0.2) is 47.2 Å². The van der Waals surface area contributed by atoms with Crippen LogP contribution in [0.5, 0.6) is 17.4 Å². The van der Waals surface area contributed by atoms with Crippen molar-refractivity contribution in [3.63, 3.8) is 0 Å². The number of anilines is 2. The lowest BCUT2D eigenvalue weighted by Crippen LogP contribution is -2.00. The smallest absolute Gasteiger partial charge is 0.242 e. The zero-order valence-corrected chi connectivity index (χ0v) is 19.7. The summed E-state index contributed by atoms with van der Waals surface area (Å²) >= 11 is 10.1. The van der Waals surface area contributed by atoms with E-state index in [1.54, 1.807) is 24.3 Å². The second-order valence-corrected chi connectivity index (χ2v) is 8.12. The number of rotatable bonds is 7. The molecular formula is C23H16BrClN6O2. The molecule has 0 radical (unpaired) electrons. The van der Waals surface area contributed by atoms with E-state index in [0.717, 1.165) is 11.3 Å². The van der Waals surface area contributed by atoms with E-state index in [2.05, 4.69) is 48.3 Å². The maximum atomic E-state index is 9.01. The molecule has 2 aromatic carbocycles. The molecule has 0 aliphatic rings. The van der Waals surface area contributed by atoms with Gasteiger partial charge in [-0.2, -0.15) is 15.5 Å². The summed E-state index contributed by atoms with van der Waals surface area (Å²) in [4.78, 5) is 11.9. The fourth-order valence-corrected chi connectivity index (χ4v) is 3.98. The molecule has 0 saturated heterocycles. The molecule has 0 amide bonds. The molecular weight excluding hydrogens is 508 g/mol.